The first-order chi connectivity index (χ1) is 12.7. The molecule has 132 valence electrons. The van der Waals surface area contributed by atoms with Gasteiger partial charge >= 0.3 is 0 Å². The molecule has 26 heavy (non-hydrogen) atoms. The fourth-order valence-corrected chi connectivity index (χ4v) is 2.58. The van der Waals surface area contributed by atoms with Crippen molar-refractivity contribution in [3.8, 4) is 0 Å². The van der Waals surface area contributed by atoms with E-state index in [2.05, 4.69) is 27.5 Å². The number of azo groups is 1. The average molecular weight is 346 g/mol. The molecule has 0 unspecified atom stereocenters. The zero-order valence-corrected chi connectivity index (χ0v) is 14.7. The van der Waals surface area contributed by atoms with Crippen LogP contribution in [0.4, 0.5) is 17.2 Å². The highest BCUT2D eigenvalue weighted by molar-refractivity contribution is 5.96. The lowest BCUT2D eigenvalue weighted by Crippen LogP contribution is -2.10. The third kappa shape index (κ3) is 4.03. The highest BCUT2D eigenvalue weighted by Crippen LogP contribution is 2.33. The summed E-state index contributed by atoms with van der Waals surface area (Å²) < 4.78 is 0. The molecule has 3 aromatic rings. The molecule has 0 spiro atoms. The van der Waals surface area contributed by atoms with Crippen LogP contribution in [0.2, 0.25) is 0 Å². The van der Waals surface area contributed by atoms with Crippen LogP contribution in [0.15, 0.2) is 65.0 Å². The summed E-state index contributed by atoms with van der Waals surface area (Å²) in [5.74, 6) is 0.774. The summed E-state index contributed by atoms with van der Waals surface area (Å²) in [4.78, 5) is 4.52. The molecule has 0 saturated carbocycles. The zero-order chi connectivity index (χ0) is 18.4. The van der Waals surface area contributed by atoms with Crippen molar-refractivity contribution in [1.82, 2.24) is 4.98 Å². The third-order valence-corrected chi connectivity index (χ3v) is 4.04. The van der Waals surface area contributed by atoms with E-state index in [1.807, 2.05) is 30.5 Å². The first kappa shape index (κ1) is 17.5. The lowest BCUT2D eigenvalue weighted by molar-refractivity contribution is 0.831. The molecule has 6 nitrogen and oxygen atoms in total. The fourth-order valence-electron chi connectivity index (χ4n) is 2.58. The predicted octanol–water partition coefficient (Wildman–Crippen LogP) is 5.15. The molecule has 0 bridgehead atoms. The SMILES string of the molecule is CCCCNc1ncc2ccccc2c1/N=N/c1ccc(C(=N)N)cc1. The highest BCUT2D eigenvalue weighted by Gasteiger charge is 2.08. The average Bonchev–Trinajstić information content (AvgIpc) is 2.67. The van der Waals surface area contributed by atoms with Crippen molar-refractivity contribution in [1.29, 1.82) is 5.41 Å². The van der Waals surface area contributed by atoms with Crippen molar-refractivity contribution in [2.45, 2.75) is 19.8 Å². The van der Waals surface area contributed by atoms with Crippen molar-refractivity contribution >= 4 is 33.8 Å². The number of anilines is 1. The molecule has 0 atom stereocenters. The molecule has 1 aromatic heterocycles. The van der Waals surface area contributed by atoms with Gasteiger partial charge in [-0.25, -0.2) is 4.98 Å². The summed E-state index contributed by atoms with van der Waals surface area (Å²) in [5.41, 5.74) is 7.57. The molecule has 0 aliphatic carbocycles. The Morgan fingerprint density at radius 3 is 2.62 bits per heavy atom. The lowest BCUT2D eigenvalue weighted by atomic mass is 10.1. The van der Waals surface area contributed by atoms with Crippen LogP contribution in [0.25, 0.3) is 10.8 Å². The van der Waals surface area contributed by atoms with Gasteiger partial charge in [0.2, 0.25) is 0 Å². The summed E-state index contributed by atoms with van der Waals surface area (Å²) >= 11 is 0. The number of hydrogen-bond acceptors (Lipinski definition) is 5. The molecule has 0 fully saturated rings. The van der Waals surface area contributed by atoms with Crippen molar-refractivity contribution < 1.29 is 0 Å². The van der Waals surface area contributed by atoms with Crippen LogP contribution in [-0.2, 0) is 0 Å². The van der Waals surface area contributed by atoms with Gasteiger partial charge in [0.1, 0.15) is 11.5 Å². The monoisotopic (exact) mass is 346 g/mol. The van der Waals surface area contributed by atoms with Gasteiger partial charge in [0.05, 0.1) is 5.69 Å². The zero-order valence-electron chi connectivity index (χ0n) is 14.7. The number of nitrogens with one attached hydrogen (secondary N) is 2. The molecule has 1 heterocycles. The van der Waals surface area contributed by atoms with E-state index in [9.17, 15) is 0 Å². The van der Waals surface area contributed by atoms with Gasteiger partial charge in [-0.15, -0.1) is 5.11 Å². The molecular formula is C20H22N6. The van der Waals surface area contributed by atoms with Gasteiger partial charge in [-0.2, -0.15) is 5.11 Å². The lowest BCUT2D eigenvalue weighted by Gasteiger charge is -2.09. The normalized spacial score (nSPS) is 11.1. The van der Waals surface area contributed by atoms with Gasteiger partial charge < -0.3 is 11.1 Å². The number of rotatable bonds is 7. The maximum atomic E-state index is 7.45. The molecule has 0 saturated heterocycles. The Balaban J connectivity index is 1.95. The fraction of sp³-hybridized carbons (Fsp3) is 0.200. The summed E-state index contributed by atoms with van der Waals surface area (Å²) in [5, 5.41) is 21.7. The topological polar surface area (TPSA) is 99.5 Å². The molecule has 0 aliphatic rings. The molecule has 3 rings (SSSR count). The predicted molar refractivity (Wildman–Crippen MR) is 107 cm³/mol. The van der Waals surface area contributed by atoms with Gasteiger partial charge in [0, 0.05) is 29.1 Å². The van der Waals surface area contributed by atoms with E-state index in [1.165, 1.54) is 0 Å². The molecule has 0 amide bonds. The number of nitrogens with zero attached hydrogens (tertiary/aromatic N) is 3. The van der Waals surface area contributed by atoms with Crippen LogP contribution >= 0.6 is 0 Å². The Labute approximate surface area is 152 Å². The number of nitrogen functional groups attached to an aromatic ring is 1. The number of unbranched alkanes of at least 4 members (excludes halogenated alkanes) is 1. The van der Waals surface area contributed by atoms with Gasteiger partial charge in [0.15, 0.2) is 5.82 Å². The van der Waals surface area contributed by atoms with E-state index in [0.29, 0.717) is 11.3 Å². The van der Waals surface area contributed by atoms with Crippen molar-refractivity contribution in [3.63, 3.8) is 0 Å². The molecule has 0 radical (unpaired) electrons. The number of nitrogens with two attached hydrogens (primary N) is 1. The van der Waals surface area contributed by atoms with Crippen LogP contribution in [0.1, 0.15) is 25.3 Å². The summed E-state index contributed by atoms with van der Waals surface area (Å²) in [6, 6.07) is 15.1. The van der Waals surface area contributed by atoms with E-state index in [1.54, 1.807) is 24.3 Å². The highest BCUT2D eigenvalue weighted by atomic mass is 15.1. The van der Waals surface area contributed by atoms with Crippen LogP contribution in [-0.4, -0.2) is 17.4 Å². The second kappa shape index (κ2) is 8.20. The van der Waals surface area contributed by atoms with Gasteiger partial charge in [-0.1, -0.05) is 37.6 Å². The Morgan fingerprint density at radius 2 is 1.88 bits per heavy atom. The minimum absolute atomic E-state index is 0.0363. The molecule has 4 N–H and O–H groups in total. The van der Waals surface area contributed by atoms with E-state index in [-0.39, 0.29) is 5.84 Å². The van der Waals surface area contributed by atoms with Crippen molar-refractivity contribution in [3.05, 3.63) is 60.3 Å². The largest absolute Gasteiger partial charge is 0.384 e. The van der Waals surface area contributed by atoms with Crippen LogP contribution in [0.5, 0.6) is 0 Å². The Bertz CT molecular complexity index is 931. The van der Waals surface area contributed by atoms with Gasteiger partial charge in [0.25, 0.3) is 0 Å². The molecular weight excluding hydrogens is 324 g/mol. The molecule has 2 aromatic carbocycles. The van der Waals surface area contributed by atoms with Crippen molar-refractivity contribution in [2.75, 3.05) is 11.9 Å². The first-order valence-electron chi connectivity index (χ1n) is 8.67. The Kier molecular flexibility index (Phi) is 5.53. The van der Waals surface area contributed by atoms with E-state index >= 15 is 0 Å². The third-order valence-electron chi connectivity index (χ3n) is 4.04. The number of fused-ring (bicyclic) bond motifs is 1. The molecule has 6 heteroatoms. The van der Waals surface area contributed by atoms with E-state index < -0.39 is 0 Å². The number of pyridine rings is 1. The number of amidine groups is 1. The van der Waals surface area contributed by atoms with Gasteiger partial charge in [-0.05, 0) is 30.7 Å². The Hall–Kier alpha value is -3.28. The maximum absolute atomic E-state index is 7.45. The van der Waals surface area contributed by atoms with Crippen LogP contribution < -0.4 is 11.1 Å². The summed E-state index contributed by atoms with van der Waals surface area (Å²) in [6.45, 7) is 3.00. The molecule has 0 aliphatic heterocycles. The summed E-state index contributed by atoms with van der Waals surface area (Å²) in [7, 11) is 0. The van der Waals surface area contributed by atoms with Crippen molar-refractivity contribution in [2.24, 2.45) is 16.0 Å². The van der Waals surface area contributed by atoms with Crippen LogP contribution in [0, 0.1) is 5.41 Å². The second-order valence-corrected chi connectivity index (χ2v) is 5.98. The quantitative estimate of drug-likeness (QED) is 0.239. The van der Waals surface area contributed by atoms with Crippen LogP contribution in [0.3, 0.4) is 0 Å². The standard InChI is InChI=1S/C20H22N6/c1-2-3-12-23-20-18(17-7-5-4-6-15(17)13-24-20)26-25-16-10-8-14(9-11-16)19(21)22/h4-11,13H,2-3,12H2,1H3,(H3,21,22)(H,23,24)/b26-25+. The van der Waals surface area contributed by atoms with E-state index in [0.717, 1.165) is 41.7 Å². The Morgan fingerprint density at radius 1 is 1.12 bits per heavy atom. The van der Waals surface area contributed by atoms with E-state index in [4.69, 9.17) is 11.1 Å². The smallest absolute Gasteiger partial charge is 0.154 e. The minimum Gasteiger partial charge on any atom is -0.384 e. The van der Waals surface area contributed by atoms with Gasteiger partial charge in [-0.3, -0.25) is 5.41 Å². The number of hydrogen-bond donors (Lipinski definition) is 3. The number of benzene rings is 2. The maximum Gasteiger partial charge on any atom is 0.154 e. The minimum atomic E-state index is 0.0363. The second-order valence-electron chi connectivity index (χ2n) is 5.98. The first-order valence-corrected chi connectivity index (χ1v) is 8.67. The summed E-state index contributed by atoms with van der Waals surface area (Å²) in [6.07, 6.45) is 4.03. The number of aromatic nitrogens is 1.